The summed E-state index contributed by atoms with van der Waals surface area (Å²) in [4.78, 5) is 12.7. The third-order valence-electron chi connectivity index (χ3n) is 5.68. The summed E-state index contributed by atoms with van der Waals surface area (Å²) in [6.07, 6.45) is 0.297. The maximum Gasteiger partial charge on any atom is 0.224 e. The predicted octanol–water partition coefficient (Wildman–Crippen LogP) is 4.06. The zero-order chi connectivity index (χ0) is 22.6. The Morgan fingerprint density at radius 3 is 2.37 bits per heavy atom. The number of hydrogen-bond donors (Lipinski definition) is 3. The van der Waals surface area contributed by atoms with E-state index in [-0.39, 0.29) is 24.9 Å². The molecule has 0 aliphatic heterocycles. The lowest BCUT2D eigenvalue weighted by Crippen LogP contribution is -2.41. The quantitative estimate of drug-likeness (QED) is 0.609. The van der Waals surface area contributed by atoms with Gasteiger partial charge in [-0.15, -0.1) is 0 Å². The van der Waals surface area contributed by atoms with Crippen molar-refractivity contribution in [3.05, 3.63) is 69.5 Å². The Morgan fingerprint density at radius 2 is 1.80 bits per heavy atom. The molecule has 0 aliphatic rings. The molecule has 1 amide bonds. The van der Waals surface area contributed by atoms with Crippen LogP contribution in [0.3, 0.4) is 0 Å². The van der Waals surface area contributed by atoms with E-state index in [1.165, 1.54) is 6.07 Å². The summed E-state index contributed by atoms with van der Waals surface area (Å²) in [5.74, 6) is -0.516. The molecule has 4 nitrogen and oxygen atoms in total. The zero-order valence-corrected chi connectivity index (χ0v) is 18.8. The molecule has 1 unspecified atom stereocenters. The number of halogens is 1. The van der Waals surface area contributed by atoms with Crippen molar-refractivity contribution in [1.82, 2.24) is 5.32 Å². The fraction of sp³-hybridized carbons (Fsp3) is 0.480. The molecule has 0 aliphatic carbocycles. The van der Waals surface area contributed by atoms with Gasteiger partial charge in [0.25, 0.3) is 0 Å². The molecule has 0 aromatic heterocycles. The smallest absolute Gasteiger partial charge is 0.224 e. The van der Waals surface area contributed by atoms with E-state index in [1.54, 1.807) is 26.8 Å². The summed E-state index contributed by atoms with van der Waals surface area (Å²) in [5.41, 5.74) is 3.80. The van der Waals surface area contributed by atoms with E-state index in [9.17, 15) is 19.4 Å². The van der Waals surface area contributed by atoms with E-state index in [2.05, 4.69) is 19.2 Å². The first-order valence-corrected chi connectivity index (χ1v) is 10.4. The number of aliphatic hydroxyl groups is 2. The number of nitrogens with one attached hydrogen (secondary N) is 1. The Bertz CT molecular complexity index is 900. The molecule has 0 fully saturated rings. The first-order valence-electron chi connectivity index (χ1n) is 10.4. The fourth-order valence-electron chi connectivity index (χ4n) is 3.85. The molecule has 2 rings (SSSR count). The number of amides is 1. The van der Waals surface area contributed by atoms with Gasteiger partial charge in [0, 0.05) is 5.56 Å². The van der Waals surface area contributed by atoms with Gasteiger partial charge in [0.1, 0.15) is 5.82 Å². The van der Waals surface area contributed by atoms with Gasteiger partial charge >= 0.3 is 0 Å². The summed E-state index contributed by atoms with van der Waals surface area (Å²) in [7, 11) is 0. The van der Waals surface area contributed by atoms with Crippen LogP contribution in [0, 0.1) is 19.7 Å². The Kier molecular flexibility index (Phi) is 7.78. The summed E-state index contributed by atoms with van der Waals surface area (Å²) in [6.45, 7) is 11.0. The van der Waals surface area contributed by atoms with Gasteiger partial charge in [-0.3, -0.25) is 4.79 Å². The van der Waals surface area contributed by atoms with Crippen molar-refractivity contribution in [3.63, 3.8) is 0 Å². The average molecular weight is 416 g/mol. The van der Waals surface area contributed by atoms with Crippen molar-refractivity contribution in [3.8, 4) is 0 Å². The Morgan fingerprint density at radius 1 is 1.13 bits per heavy atom. The van der Waals surface area contributed by atoms with Crippen molar-refractivity contribution in [1.29, 1.82) is 0 Å². The van der Waals surface area contributed by atoms with Crippen LogP contribution < -0.4 is 5.32 Å². The van der Waals surface area contributed by atoms with Crippen LogP contribution in [0.2, 0.25) is 0 Å². The maximum absolute atomic E-state index is 14.2. The summed E-state index contributed by atoms with van der Waals surface area (Å²) < 4.78 is 14.2. The highest BCUT2D eigenvalue weighted by atomic mass is 19.1. The minimum absolute atomic E-state index is 0.0833. The lowest BCUT2D eigenvalue weighted by Gasteiger charge is -2.27. The largest absolute Gasteiger partial charge is 0.394 e. The van der Waals surface area contributed by atoms with Gasteiger partial charge in [-0.2, -0.15) is 0 Å². The molecule has 0 bridgehead atoms. The Labute approximate surface area is 179 Å². The Balaban J connectivity index is 2.26. The van der Waals surface area contributed by atoms with Crippen LogP contribution in [-0.4, -0.2) is 28.8 Å². The maximum atomic E-state index is 14.2. The molecule has 5 heteroatoms. The predicted molar refractivity (Wildman–Crippen MR) is 118 cm³/mol. The van der Waals surface area contributed by atoms with Gasteiger partial charge in [-0.05, 0) is 73.9 Å². The highest BCUT2D eigenvalue weighted by Gasteiger charge is 2.25. The van der Waals surface area contributed by atoms with Crippen LogP contribution in [0.4, 0.5) is 4.39 Å². The average Bonchev–Trinajstić information content (AvgIpc) is 2.66. The van der Waals surface area contributed by atoms with E-state index in [0.717, 1.165) is 27.8 Å². The van der Waals surface area contributed by atoms with Gasteiger partial charge in [-0.25, -0.2) is 4.39 Å². The van der Waals surface area contributed by atoms with E-state index >= 15 is 0 Å². The standard InChI is InChI=1S/C25H34FNO3/c1-15(2)19-8-7-9-22(25(5,6)30)21(19)12-18(14-28)27-24(29)13-20-17(4)16(3)10-11-23(20)26/h7-11,15,18,28,30H,12-14H2,1-6H3,(H,27,29). The van der Waals surface area contributed by atoms with Crippen LogP contribution in [0.5, 0.6) is 0 Å². The number of carbonyl (C=O) groups excluding carboxylic acids is 1. The Hall–Kier alpha value is -2.24. The van der Waals surface area contributed by atoms with Gasteiger partial charge in [-0.1, -0.05) is 38.1 Å². The molecule has 0 spiro atoms. The van der Waals surface area contributed by atoms with Gasteiger partial charge < -0.3 is 15.5 Å². The van der Waals surface area contributed by atoms with E-state index in [0.29, 0.717) is 12.0 Å². The highest BCUT2D eigenvalue weighted by molar-refractivity contribution is 5.79. The third kappa shape index (κ3) is 5.67. The molecule has 30 heavy (non-hydrogen) atoms. The van der Waals surface area contributed by atoms with Crippen molar-refractivity contribution in [2.75, 3.05) is 6.61 Å². The third-order valence-corrected chi connectivity index (χ3v) is 5.68. The summed E-state index contributed by atoms with van der Waals surface area (Å²) in [6, 6.07) is 8.35. The van der Waals surface area contributed by atoms with E-state index in [1.807, 2.05) is 25.1 Å². The molecule has 0 heterocycles. The lowest BCUT2D eigenvalue weighted by atomic mass is 9.84. The van der Waals surface area contributed by atoms with Gasteiger partial charge in [0.2, 0.25) is 5.91 Å². The van der Waals surface area contributed by atoms with Crippen LogP contribution in [0.15, 0.2) is 30.3 Å². The topological polar surface area (TPSA) is 69.6 Å². The number of carbonyl (C=O) groups is 1. The van der Waals surface area contributed by atoms with Crippen LogP contribution in [0.25, 0.3) is 0 Å². The molecule has 0 saturated carbocycles. The molecule has 2 aromatic rings. The number of aliphatic hydroxyl groups excluding tert-OH is 1. The molecule has 0 saturated heterocycles. The molecule has 1 atom stereocenters. The lowest BCUT2D eigenvalue weighted by molar-refractivity contribution is -0.121. The van der Waals surface area contributed by atoms with E-state index < -0.39 is 17.5 Å². The molecular formula is C25H34FNO3. The highest BCUT2D eigenvalue weighted by Crippen LogP contribution is 2.31. The monoisotopic (exact) mass is 415 g/mol. The van der Waals surface area contributed by atoms with Crippen LogP contribution in [0.1, 0.15) is 67.0 Å². The number of benzene rings is 2. The second-order valence-corrected chi connectivity index (χ2v) is 8.88. The van der Waals surface area contributed by atoms with Crippen LogP contribution >= 0.6 is 0 Å². The number of hydrogen-bond acceptors (Lipinski definition) is 3. The number of rotatable bonds is 8. The van der Waals surface area contributed by atoms with Crippen molar-refractivity contribution in [2.45, 2.75) is 71.9 Å². The normalized spacial score (nSPS) is 12.9. The van der Waals surface area contributed by atoms with Crippen molar-refractivity contribution < 1.29 is 19.4 Å². The van der Waals surface area contributed by atoms with Crippen molar-refractivity contribution in [2.24, 2.45) is 0 Å². The minimum Gasteiger partial charge on any atom is -0.394 e. The molecule has 0 radical (unpaired) electrons. The van der Waals surface area contributed by atoms with Gasteiger partial charge in [0.05, 0.1) is 24.7 Å². The van der Waals surface area contributed by atoms with Crippen LogP contribution in [-0.2, 0) is 23.2 Å². The number of aryl methyl sites for hydroxylation is 1. The minimum atomic E-state index is -1.05. The van der Waals surface area contributed by atoms with Crippen molar-refractivity contribution >= 4 is 5.91 Å². The second kappa shape index (κ2) is 9.71. The van der Waals surface area contributed by atoms with E-state index in [4.69, 9.17) is 0 Å². The SMILES string of the molecule is Cc1ccc(F)c(CC(=O)NC(CO)Cc2c(C(C)C)cccc2C(C)(C)O)c1C. The van der Waals surface area contributed by atoms with Gasteiger partial charge in [0.15, 0.2) is 0 Å². The second-order valence-electron chi connectivity index (χ2n) is 8.88. The zero-order valence-electron chi connectivity index (χ0n) is 18.8. The molecule has 2 aromatic carbocycles. The molecule has 164 valence electrons. The molecular weight excluding hydrogens is 381 g/mol. The fourth-order valence-corrected chi connectivity index (χ4v) is 3.85. The molecule has 3 N–H and O–H groups in total. The first-order chi connectivity index (χ1) is 14.0. The summed E-state index contributed by atoms with van der Waals surface area (Å²) >= 11 is 0. The summed E-state index contributed by atoms with van der Waals surface area (Å²) in [5, 5.41) is 23.4. The first kappa shape index (κ1) is 24.0.